The van der Waals surface area contributed by atoms with Crippen LogP contribution in [0.4, 0.5) is 0 Å². The van der Waals surface area contributed by atoms with Crippen molar-refractivity contribution in [2.24, 2.45) is 5.73 Å². The first kappa shape index (κ1) is 14.2. The molecule has 94 valence electrons. The Morgan fingerprint density at radius 3 is 2.41 bits per heavy atom. The van der Waals surface area contributed by atoms with E-state index in [4.69, 9.17) is 5.73 Å². The summed E-state index contributed by atoms with van der Waals surface area (Å²) in [5, 5.41) is 2.88. The number of amides is 1. The first-order valence-corrected chi connectivity index (χ1v) is 6.57. The Balaban J connectivity index is 2.65. The maximum absolute atomic E-state index is 11.7. The molecule has 3 nitrogen and oxygen atoms in total. The van der Waals surface area contributed by atoms with Gasteiger partial charge in [-0.3, -0.25) is 4.79 Å². The molecule has 0 radical (unpaired) electrons. The SMILES string of the molecule is CC(C)NC(=O)CC(CN)c1ccc(Br)cc1. The Hall–Kier alpha value is -0.870. The smallest absolute Gasteiger partial charge is 0.220 e. The lowest BCUT2D eigenvalue weighted by Crippen LogP contribution is -2.32. The van der Waals surface area contributed by atoms with Crippen LogP contribution >= 0.6 is 15.9 Å². The first-order valence-electron chi connectivity index (χ1n) is 5.77. The number of nitrogens with two attached hydrogens (primary N) is 1. The van der Waals surface area contributed by atoms with Gasteiger partial charge in [0.15, 0.2) is 0 Å². The third-order valence-corrected chi connectivity index (χ3v) is 3.04. The van der Waals surface area contributed by atoms with Crippen molar-refractivity contribution in [3.8, 4) is 0 Å². The fourth-order valence-corrected chi connectivity index (χ4v) is 1.94. The van der Waals surface area contributed by atoms with Gasteiger partial charge in [-0.1, -0.05) is 28.1 Å². The van der Waals surface area contributed by atoms with Crippen molar-refractivity contribution in [1.29, 1.82) is 0 Å². The highest BCUT2D eigenvalue weighted by atomic mass is 79.9. The van der Waals surface area contributed by atoms with E-state index < -0.39 is 0 Å². The molecular formula is C13H19BrN2O. The molecule has 1 aromatic carbocycles. The number of rotatable bonds is 5. The number of benzene rings is 1. The van der Waals surface area contributed by atoms with Crippen LogP contribution in [0.1, 0.15) is 31.7 Å². The molecule has 17 heavy (non-hydrogen) atoms. The van der Waals surface area contributed by atoms with Gasteiger partial charge < -0.3 is 11.1 Å². The zero-order chi connectivity index (χ0) is 12.8. The zero-order valence-corrected chi connectivity index (χ0v) is 11.8. The summed E-state index contributed by atoms with van der Waals surface area (Å²) in [6, 6.07) is 8.12. The monoisotopic (exact) mass is 298 g/mol. The number of carbonyl (C=O) groups is 1. The van der Waals surface area contributed by atoms with Gasteiger partial charge in [-0.05, 0) is 38.1 Å². The quantitative estimate of drug-likeness (QED) is 0.877. The summed E-state index contributed by atoms with van der Waals surface area (Å²) in [6.07, 6.45) is 0.441. The summed E-state index contributed by atoms with van der Waals surface area (Å²) >= 11 is 3.39. The van der Waals surface area contributed by atoms with Crippen LogP contribution in [0, 0.1) is 0 Å². The molecular weight excluding hydrogens is 280 g/mol. The van der Waals surface area contributed by atoms with Gasteiger partial charge in [-0.25, -0.2) is 0 Å². The summed E-state index contributed by atoms with van der Waals surface area (Å²) < 4.78 is 1.03. The lowest BCUT2D eigenvalue weighted by molar-refractivity contribution is -0.121. The highest BCUT2D eigenvalue weighted by Crippen LogP contribution is 2.20. The van der Waals surface area contributed by atoms with Crippen molar-refractivity contribution in [2.45, 2.75) is 32.2 Å². The van der Waals surface area contributed by atoms with Gasteiger partial charge in [0.05, 0.1) is 0 Å². The minimum atomic E-state index is 0.0540. The normalized spacial score (nSPS) is 12.5. The van der Waals surface area contributed by atoms with Crippen molar-refractivity contribution in [3.05, 3.63) is 34.3 Å². The second kappa shape index (κ2) is 6.77. The third-order valence-electron chi connectivity index (χ3n) is 2.51. The molecule has 0 spiro atoms. The van der Waals surface area contributed by atoms with Crippen LogP contribution in [0.25, 0.3) is 0 Å². The van der Waals surface area contributed by atoms with Crippen LogP contribution in [0.2, 0.25) is 0 Å². The van der Waals surface area contributed by atoms with Gasteiger partial charge in [0, 0.05) is 22.9 Å². The molecule has 0 aliphatic heterocycles. The molecule has 0 heterocycles. The van der Waals surface area contributed by atoms with Crippen LogP contribution < -0.4 is 11.1 Å². The molecule has 1 unspecified atom stereocenters. The van der Waals surface area contributed by atoms with Crippen molar-refractivity contribution < 1.29 is 4.79 Å². The maximum atomic E-state index is 11.7. The fourth-order valence-electron chi connectivity index (χ4n) is 1.68. The molecule has 0 saturated heterocycles. The molecule has 0 aliphatic carbocycles. The van der Waals surface area contributed by atoms with E-state index in [-0.39, 0.29) is 17.9 Å². The maximum Gasteiger partial charge on any atom is 0.220 e. The van der Waals surface area contributed by atoms with Crippen LogP contribution in [0.3, 0.4) is 0 Å². The topological polar surface area (TPSA) is 55.1 Å². The summed E-state index contributed by atoms with van der Waals surface area (Å²) in [5.74, 6) is 0.139. The first-order chi connectivity index (χ1) is 8.02. The van der Waals surface area contributed by atoms with Gasteiger partial charge >= 0.3 is 0 Å². The van der Waals surface area contributed by atoms with Gasteiger partial charge in [0.25, 0.3) is 0 Å². The van der Waals surface area contributed by atoms with Gasteiger partial charge in [0.2, 0.25) is 5.91 Å². The average molecular weight is 299 g/mol. The summed E-state index contributed by atoms with van der Waals surface area (Å²) in [7, 11) is 0. The standard InChI is InChI=1S/C13H19BrN2O/c1-9(2)16-13(17)7-11(8-15)10-3-5-12(14)6-4-10/h3-6,9,11H,7-8,15H2,1-2H3,(H,16,17). The third kappa shape index (κ3) is 4.88. The van der Waals surface area contributed by atoms with Gasteiger partial charge in [-0.2, -0.15) is 0 Å². The molecule has 0 bridgehead atoms. The van der Waals surface area contributed by atoms with E-state index in [2.05, 4.69) is 21.2 Å². The minimum Gasteiger partial charge on any atom is -0.354 e. The fraction of sp³-hybridized carbons (Fsp3) is 0.462. The number of nitrogens with one attached hydrogen (secondary N) is 1. The molecule has 0 aliphatic rings. The van der Waals surface area contributed by atoms with E-state index in [9.17, 15) is 4.79 Å². The lowest BCUT2D eigenvalue weighted by atomic mass is 9.95. The Bertz CT molecular complexity index is 362. The van der Waals surface area contributed by atoms with Crippen LogP contribution in [-0.4, -0.2) is 18.5 Å². The lowest BCUT2D eigenvalue weighted by Gasteiger charge is -2.16. The Morgan fingerprint density at radius 1 is 1.35 bits per heavy atom. The summed E-state index contributed by atoms with van der Waals surface area (Å²) in [5.41, 5.74) is 6.84. The minimum absolute atomic E-state index is 0.0540. The summed E-state index contributed by atoms with van der Waals surface area (Å²) in [6.45, 7) is 4.39. The number of hydrogen-bond donors (Lipinski definition) is 2. The number of hydrogen-bond acceptors (Lipinski definition) is 2. The van der Waals surface area contributed by atoms with Gasteiger partial charge in [0.1, 0.15) is 0 Å². The molecule has 3 N–H and O–H groups in total. The zero-order valence-electron chi connectivity index (χ0n) is 10.2. The van der Waals surface area contributed by atoms with Crippen molar-refractivity contribution in [2.75, 3.05) is 6.54 Å². The second-order valence-electron chi connectivity index (χ2n) is 4.41. The predicted octanol–water partition coefficient (Wildman–Crippen LogP) is 2.41. The molecule has 1 aromatic rings. The molecule has 1 rings (SSSR count). The molecule has 1 amide bonds. The van der Waals surface area contributed by atoms with Crippen molar-refractivity contribution in [3.63, 3.8) is 0 Å². The molecule has 1 atom stereocenters. The van der Waals surface area contributed by atoms with E-state index in [1.165, 1.54) is 0 Å². The number of halogens is 1. The average Bonchev–Trinajstić information content (AvgIpc) is 2.26. The Morgan fingerprint density at radius 2 is 1.94 bits per heavy atom. The molecule has 0 fully saturated rings. The predicted molar refractivity (Wildman–Crippen MR) is 73.8 cm³/mol. The Labute approximate surface area is 111 Å². The number of carbonyl (C=O) groups excluding carboxylic acids is 1. The van der Waals surface area contributed by atoms with E-state index in [1.54, 1.807) is 0 Å². The Kier molecular flexibility index (Phi) is 5.65. The van der Waals surface area contributed by atoms with Gasteiger partial charge in [-0.15, -0.1) is 0 Å². The van der Waals surface area contributed by atoms with E-state index in [0.29, 0.717) is 13.0 Å². The molecule has 0 aromatic heterocycles. The van der Waals surface area contributed by atoms with E-state index in [0.717, 1.165) is 10.0 Å². The van der Waals surface area contributed by atoms with E-state index in [1.807, 2.05) is 38.1 Å². The highest BCUT2D eigenvalue weighted by Gasteiger charge is 2.14. The molecule has 0 saturated carbocycles. The van der Waals surface area contributed by atoms with Crippen molar-refractivity contribution >= 4 is 21.8 Å². The largest absolute Gasteiger partial charge is 0.354 e. The van der Waals surface area contributed by atoms with Crippen LogP contribution in [0.15, 0.2) is 28.7 Å². The second-order valence-corrected chi connectivity index (χ2v) is 5.33. The molecule has 4 heteroatoms. The van der Waals surface area contributed by atoms with E-state index >= 15 is 0 Å². The van der Waals surface area contributed by atoms with Crippen molar-refractivity contribution in [1.82, 2.24) is 5.32 Å². The highest BCUT2D eigenvalue weighted by molar-refractivity contribution is 9.10. The van der Waals surface area contributed by atoms with Crippen LogP contribution in [0.5, 0.6) is 0 Å². The van der Waals surface area contributed by atoms with Crippen LogP contribution in [-0.2, 0) is 4.79 Å². The summed E-state index contributed by atoms with van der Waals surface area (Å²) in [4.78, 5) is 11.7.